The molecule has 0 unspecified atom stereocenters. The van der Waals surface area contributed by atoms with Crippen LogP contribution in [0.2, 0.25) is 0 Å². The topological polar surface area (TPSA) is 59.8 Å². The number of amides is 1. The average Bonchev–Trinajstić information content (AvgIpc) is 2.84. The molecule has 0 aliphatic carbocycles. The molecule has 0 spiro atoms. The first-order valence-electron chi connectivity index (χ1n) is 6.01. The van der Waals surface area contributed by atoms with E-state index >= 15 is 0 Å². The summed E-state index contributed by atoms with van der Waals surface area (Å²) in [6.07, 6.45) is 2.54. The van der Waals surface area contributed by atoms with Gasteiger partial charge in [-0.05, 0) is 24.1 Å². The summed E-state index contributed by atoms with van der Waals surface area (Å²) in [4.78, 5) is 10.8. The normalized spacial score (nSPS) is 10.4. The summed E-state index contributed by atoms with van der Waals surface area (Å²) in [7, 11) is 0. The van der Waals surface area contributed by atoms with E-state index in [0.717, 1.165) is 12.0 Å². The highest BCUT2D eigenvalue weighted by Crippen LogP contribution is 2.04. The predicted molar refractivity (Wildman–Crippen MR) is 67.6 cm³/mol. The van der Waals surface area contributed by atoms with Gasteiger partial charge in [-0.2, -0.15) is 0 Å². The molecule has 1 amide bonds. The molecule has 0 bridgehead atoms. The predicted octanol–water partition coefficient (Wildman–Crippen LogP) is 1.30. The highest BCUT2D eigenvalue weighted by molar-refractivity contribution is 5.72. The number of aryl methyl sites for hydroxylation is 2. The maximum atomic E-state index is 12.7. The average molecular weight is 262 g/mol. The molecule has 1 N–H and O–H groups in total. The molecule has 0 saturated heterocycles. The molecule has 100 valence electrons. The van der Waals surface area contributed by atoms with Crippen molar-refractivity contribution in [3.8, 4) is 0 Å². The molecule has 5 nitrogen and oxygen atoms in total. The van der Waals surface area contributed by atoms with Crippen molar-refractivity contribution < 1.29 is 9.18 Å². The Bertz CT molecular complexity index is 550. The van der Waals surface area contributed by atoms with Crippen LogP contribution in [0.3, 0.4) is 0 Å². The lowest BCUT2D eigenvalue weighted by Crippen LogP contribution is -2.19. The zero-order valence-electron chi connectivity index (χ0n) is 10.6. The number of carbonyl (C=O) groups excluding carboxylic acids is 1. The third-order valence-electron chi connectivity index (χ3n) is 2.65. The summed E-state index contributed by atoms with van der Waals surface area (Å²) >= 11 is 0. The molecule has 1 heterocycles. The molecule has 1 aromatic heterocycles. The van der Waals surface area contributed by atoms with Gasteiger partial charge in [0.15, 0.2) is 0 Å². The Morgan fingerprint density at radius 1 is 1.37 bits per heavy atom. The van der Waals surface area contributed by atoms with Crippen molar-refractivity contribution in [2.45, 2.75) is 26.4 Å². The molecule has 0 radical (unpaired) electrons. The fourth-order valence-corrected chi connectivity index (χ4v) is 1.64. The molecule has 6 heteroatoms. The van der Waals surface area contributed by atoms with E-state index in [2.05, 4.69) is 15.6 Å². The standard InChI is InChI=1S/C13H15FN4O/c1-10(19)15-8-13-9-18(17-16-13)7-6-11-2-4-12(14)5-3-11/h2-5,9H,6-8H2,1H3,(H,15,19). The first-order chi connectivity index (χ1) is 9.13. The zero-order chi connectivity index (χ0) is 13.7. The number of benzene rings is 1. The second kappa shape index (κ2) is 6.08. The Kier molecular flexibility index (Phi) is 4.22. The SMILES string of the molecule is CC(=O)NCc1cn(CCc2ccc(F)cc2)nn1. The van der Waals surface area contributed by atoms with Crippen molar-refractivity contribution in [1.29, 1.82) is 0 Å². The Morgan fingerprint density at radius 2 is 2.11 bits per heavy atom. The Balaban J connectivity index is 1.86. The Labute approximate surface area is 110 Å². The largest absolute Gasteiger partial charge is 0.351 e. The smallest absolute Gasteiger partial charge is 0.217 e. The van der Waals surface area contributed by atoms with Crippen molar-refractivity contribution in [2.75, 3.05) is 0 Å². The van der Waals surface area contributed by atoms with Gasteiger partial charge in [0.1, 0.15) is 11.5 Å². The van der Waals surface area contributed by atoms with E-state index in [9.17, 15) is 9.18 Å². The van der Waals surface area contributed by atoms with Crippen LogP contribution in [0.4, 0.5) is 4.39 Å². The van der Waals surface area contributed by atoms with Gasteiger partial charge in [0.2, 0.25) is 5.91 Å². The number of hydrogen-bond acceptors (Lipinski definition) is 3. The molecule has 0 atom stereocenters. The van der Waals surface area contributed by atoms with Gasteiger partial charge >= 0.3 is 0 Å². The van der Waals surface area contributed by atoms with Crippen LogP contribution in [0.5, 0.6) is 0 Å². The van der Waals surface area contributed by atoms with Crippen LogP contribution >= 0.6 is 0 Å². The lowest BCUT2D eigenvalue weighted by Gasteiger charge is -2.01. The highest BCUT2D eigenvalue weighted by Gasteiger charge is 2.02. The molecule has 2 aromatic rings. The number of nitrogens with zero attached hydrogens (tertiary/aromatic N) is 3. The zero-order valence-corrected chi connectivity index (χ0v) is 10.6. The quantitative estimate of drug-likeness (QED) is 0.883. The molecular weight excluding hydrogens is 247 g/mol. The molecule has 19 heavy (non-hydrogen) atoms. The van der Waals surface area contributed by atoms with Gasteiger partial charge in [0.25, 0.3) is 0 Å². The van der Waals surface area contributed by atoms with Gasteiger partial charge < -0.3 is 5.32 Å². The number of carbonyl (C=O) groups is 1. The molecule has 0 fully saturated rings. The number of aromatic nitrogens is 3. The molecular formula is C13H15FN4O. The molecule has 2 rings (SSSR count). The van der Waals surface area contributed by atoms with Crippen LogP contribution in [0, 0.1) is 5.82 Å². The summed E-state index contributed by atoms with van der Waals surface area (Å²) < 4.78 is 14.5. The van der Waals surface area contributed by atoms with Crippen LogP contribution < -0.4 is 5.32 Å². The summed E-state index contributed by atoms with van der Waals surface area (Å²) in [5.74, 6) is -0.331. The van der Waals surface area contributed by atoms with Gasteiger partial charge in [0.05, 0.1) is 12.7 Å². The number of rotatable bonds is 5. The summed E-state index contributed by atoms with van der Waals surface area (Å²) in [6, 6.07) is 6.40. The summed E-state index contributed by atoms with van der Waals surface area (Å²) in [5, 5.41) is 10.6. The van der Waals surface area contributed by atoms with E-state index in [1.54, 1.807) is 23.0 Å². The van der Waals surface area contributed by atoms with E-state index in [0.29, 0.717) is 18.8 Å². The second-order valence-electron chi connectivity index (χ2n) is 4.26. The van der Waals surface area contributed by atoms with Gasteiger partial charge in [-0.1, -0.05) is 17.3 Å². The molecule has 0 saturated carbocycles. The van der Waals surface area contributed by atoms with Gasteiger partial charge in [-0.15, -0.1) is 5.10 Å². The van der Waals surface area contributed by atoms with Gasteiger partial charge in [-0.25, -0.2) is 4.39 Å². The first kappa shape index (κ1) is 13.2. The van der Waals surface area contributed by atoms with Crippen molar-refractivity contribution in [2.24, 2.45) is 0 Å². The van der Waals surface area contributed by atoms with Crippen molar-refractivity contribution in [3.05, 3.63) is 47.5 Å². The van der Waals surface area contributed by atoms with E-state index in [1.807, 2.05) is 0 Å². The fourth-order valence-electron chi connectivity index (χ4n) is 1.64. The third-order valence-corrected chi connectivity index (χ3v) is 2.65. The maximum Gasteiger partial charge on any atom is 0.217 e. The number of halogens is 1. The Morgan fingerprint density at radius 3 is 2.79 bits per heavy atom. The minimum absolute atomic E-state index is 0.0964. The highest BCUT2D eigenvalue weighted by atomic mass is 19.1. The van der Waals surface area contributed by atoms with Crippen molar-refractivity contribution in [3.63, 3.8) is 0 Å². The van der Waals surface area contributed by atoms with E-state index in [4.69, 9.17) is 0 Å². The maximum absolute atomic E-state index is 12.7. The van der Waals surface area contributed by atoms with E-state index < -0.39 is 0 Å². The second-order valence-corrected chi connectivity index (χ2v) is 4.26. The first-order valence-corrected chi connectivity index (χ1v) is 6.01. The molecule has 1 aromatic carbocycles. The summed E-state index contributed by atoms with van der Waals surface area (Å²) in [6.45, 7) is 2.50. The minimum Gasteiger partial charge on any atom is -0.351 e. The van der Waals surface area contributed by atoms with Crippen LogP contribution in [0.25, 0.3) is 0 Å². The van der Waals surface area contributed by atoms with Crippen LogP contribution in [0.15, 0.2) is 30.5 Å². The lowest BCUT2D eigenvalue weighted by molar-refractivity contribution is -0.119. The van der Waals surface area contributed by atoms with Crippen LogP contribution in [-0.4, -0.2) is 20.9 Å². The van der Waals surface area contributed by atoms with Crippen LogP contribution in [0.1, 0.15) is 18.2 Å². The number of nitrogens with one attached hydrogen (secondary N) is 1. The van der Waals surface area contributed by atoms with E-state index in [-0.39, 0.29) is 11.7 Å². The van der Waals surface area contributed by atoms with Crippen molar-refractivity contribution >= 4 is 5.91 Å². The lowest BCUT2D eigenvalue weighted by atomic mass is 10.1. The molecule has 0 aliphatic heterocycles. The minimum atomic E-state index is -0.234. The number of hydrogen-bond donors (Lipinski definition) is 1. The third kappa shape index (κ3) is 4.17. The van der Waals surface area contributed by atoms with Gasteiger partial charge in [0, 0.05) is 13.5 Å². The van der Waals surface area contributed by atoms with Crippen molar-refractivity contribution in [1.82, 2.24) is 20.3 Å². The Hall–Kier alpha value is -2.24. The monoisotopic (exact) mass is 262 g/mol. The summed E-state index contributed by atoms with van der Waals surface area (Å²) in [5.41, 5.74) is 1.76. The van der Waals surface area contributed by atoms with Crippen LogP contribution in [-0.2, 0) is 24.3 Å². The molecule has 0 aliphatic rings. The fraction of sp³-hybridized carbons (Fsp3) is 0.308. The van der Waals surface area contributed by atoms with E-state index in [1.165, 1.54) is 19.1 Å². The van der Waals surface area contributed by atoms with Gasteiger partial charge in [-0.3, -0.25) is 9.48 Å².